The van der Waals surface area contributed by atoms with E-state index < -0.39 is 0 Å². The van der Waals surface area contributed by atoms with Gasteiger partial charge in [0.05, 0.1) is 0 Å². The number of halogens is 1. The van der Waals surface area contributed by atoms with Crippen molar-refractivity contribution in [1.82, 2.24) is 20.2 Å². The van der Waals surface area contributed by atoms with Crippen LogP contribution in [0, 0.1) is 12.3 Å². The highest BCUT2D eigenvalue weighted by Gasteiger charge is 2.10. The summed E-state index contributed by atoms with van der Waals surface area (Å²) >= 11 is 6.07. The zero-order valence-electron chi connectivity index (χ0n) is 11.7. The van der Waals surface area contributed by atoms with Crippen molar-refractivity contribution in [3.05, 3.63) is 59.1 Å². The van der Waals surface area contributed by atoms with Gasteiger partial charge in [-0.3, -0.25) is 10.5 Å². The molecule has 6 nitrogen and oxygen atoms in total. The largest absolute Gasteiger partial charge is 0.437 e. The van der Waals surface area contributed by atoms with Crippen LogP contribution >= 0.6 is 11.6 Å². The molecular formula is C15H12ClN5O. The van der Waals surface area contributed by atoms with Gasteiger partial charge < -0.3 is 4.74 Å². The van der Waals surface area contributed by atoms with Crippen LogP contribution in [0.25, 0.3) is 11.1 Å². The van der Waals surface area contributed by atoms with E-state index in [1.807, 2.05) is 0 Å². The molecule has 3 rings (SSSR count). The number of aromatic amines is 1. The normalized spacial score (nSPS) is 10.5. The first kappa shape index (κ1) is 14.2. The molecule has 0 amide bonds. The van der Waals surface area contributed by atoms with Crippen LogP contribution in [0.5, 0.6) is 11.6 Å². The van der Waals surface area contributed by atoms with E-state index in [4.69, 9.17) is 21.7 Å². The standard InChI is InChI=1S/C15H12ClN5O/c1-9-4-14(20-21-15(9)17)22-13-3-2-11(16)5-12(13)10-6-18-8-19-7-10/h2-8H,1H3,(H2,17,21). The van der Waals surface area contributed by atoms with Crippen molar-refractivity contribution in [3.8, 4) is 22.8 Å². The highest BCUT2D eigenvalue weighted by atomic mass is 35.5. The predicted molar refractivity (Wildman–Crippen MR) is 81.7 cm³/mol. The predicted octanol–water partition coefficient (Wildman–Crippen LogP) is 3.10. The van der Waals surface area contributed by atoms with Crippen LogP contribution in [0.3, 0.4) is 0 Å². The number of ether oxygens (including phenoxy) is 1. The van der Waals surface area contributed by atoms with Gasteiger partial charge in [-0.25, -0.2) is 9.97 Å². The van der Waals surface area contributed by atoms with Gasteiger partial charge in [-0.05, 0) is 30.7 Å². The van der Waals surface area contributed by atoms with E-state index in [9.17, 15) is 0 Å². The second-order valence-electron chi connectivity index (χ2n) is 4.63. The van der Waals surface area contributed by atoms with Gasteiger partial charge in [-0.2, -0.15) is 0 Å². The lowest BCUT2D eigenvalue weighted by Gasteiger charge is -2.11. The lowest BCUT2D eigenvalue weighted by molar-refractivity contribution is 0.454. The minimum Gasteiger partial charge on any atom is -0.437 e. The topological polar surface area (TPSA) is 87.5 Å². The van der Waals surface area contributed by atoms with Crippen LogP contribution in [0.1, 0.15) is 5.56 Å². The second-order valence-corrected chi connectivity index (χ2v) is 5.07. The third-order valence-electron chi connectivity index (χ3n) is 3.04. The third-order valence-corrected chi connectivity index (χ3v) is 3.28. The van der Waals surface area contributed by atoms with E-state index >= 15 is 0 Å². The van der Waals surface area contributed by atoms with Crippen molar-refractivity contribution in [2.45, 2.75) is 6.92 Å². The first-order chi connectivity index (χ1) is 10.6. The molecule has 0 atom stereocenters. The Hall–Kier alpha value is -2.73. The number of H-pyrrole nitrogens is 1. The van der Waals surface area contributed by atoms with E-state index in [1.165, 1.54) is 6.33 Å². The van der Waals surface area contributed by atoms with Gasteiger partial charge in [0, 0.05) is 34.6 Å². The Labute approximate surface area is 131 Å². The van der Waals surface area contributed by atoms with Crippen LogP contribution < -0.4 is 10.2 Å². The molecule has 0 saturated carbocycles. The van der Waals surface area contributed by atoms with Crippen LogP contribution in [-0.4, -0.2) is 20.2 Å². The van der Waals surface area contributed by atoms with Gasteiger partial charge in [-0.1, -0.05) is 11.6 Å². The maximum atomic E-state index is 7.59. The molecule has 2 aromatic heterocycles. The van der Waals surface area contributed by atoms with Crippen LogP contribution in [0.15, 0.2) is 43.0 Å². The third kappa shape index (κ3) is 2.96. The minimum atomic E-state index is 0.250. The number of hydrogen-bond acceptors (Lipinski definition) is 5. The molecule has 0 aliphatic carbocycles. The molecule has 7 heteroatoms. The minimum absolute atomic E-state index is 0.250. The molecule has 2 N–H and O–H groups in total. The number of rotatable bonds is 3. The summed E-state index contributed by atoms with van der Waals surface area (Å²) in [7, 11) is 0. The van der Waals surface area contributed by atoms with Crippen molar-refractivity contribution in [3.63, 3.8) is 0 Å². The first-order valence-corrected chi connectivity index (χ1v) is 6.85. The lowest BCUT2D eigenvalue weighted by atomic mass is 10.1. The molecule has 110 valence electrons. The fourth-order valence-corrected chi connectivity index (χ4v) is 2.08. The molecule has 22 heavy (non-hydrogen) atoms. The summed E-state index contributed by atoms with van der Waals surface area (Å²) in [6.07, 6.45) is 4.83. The van der Waals surface area contributed by atoms with Crippen LogP contribution in [-0.2, 0) is 0 Å². The Morgan fingerprint density at radius 3 is 2.68 bits per heavy atom. The quantitative estimate of drug-likeness (QED) is 0.777. The summed E-state index contributed by atoms with van der Waals surface area (Å²) in [5, 5.41) is 14.8. The number of nitrogens with zero attached hydrogens (tertiary/aromatic N) is 3. The van der Waals surface area contributed by atoms with Crippen molar-refractivity contribution < 1.29 is 4.74 Å². The SMILES string of the molecule is Cc1cc(Oc2ccc(Cl)cc2-c2cncnc2)n[nH]c1=N. The molecule has 3 aromatic rings. The highest BCUT2D eigenvalue weighted by Crippen LogP contribution is 2.34. The number of hydrogen-bond donors (Lipinski definition) is 2. The second kappa shape index (κ2) is 5.95. The average molecular weight is 314 g/mol. The van der Waals surface area contributed by atoms with Gasteiger partial charge in [0.1, 0.15) is 17.6 Å². The highest BCUT2D eigenvalue weighted by molar-refractivity contribution is 6.31. The van der Waals surface area contributed by atoms with Crippen LogP contribution in [0.2, 0.25) is 5.02 Å². The van der Waals surface area contributed by atoms with E-state index in [0.717, 1.165) is 16.7 Å². The van der Waals surface area contributed by atoms with Crippen LogP contribution in [0.4, 0.5) is 0 Å². The molecular weight excluding hydrogens is 302 g/mol. The molecule has 0 spiro atoms. The van der Waals surface area contributed by atoms with Gasteiger partial charge in [0.15, 0.2) is 0 Å². The molecule has 0 saturated heterocycles. The van der Waals surface area contributed by atoms with E-state index in [-0.39, 0.29) is 5.49 Å². The Morgan fingerprint density at radius 1 is 1.18 bits per heavy atom. The van der Waals surface area contributed by atoms with Crippen molar-refractivity contribution in [2.24, 2.45) is 0 Å². The number of aromatic nitrogens is 4. The molecule has 1 aromatic carbocycles. The number of nitrogens with one attached hydrogen (secondary N) is 2. The zero-order chi connectivity index (χ0) is 15.5. The summed E-state index contributed by atoms with van der Waals surface area (Å²) in [6.45, 7) is 1.81. The summed E-state index contributed by atoms with van der Waals surface area (Å²) in [6, 6.07) is 6.97. The smallest absolute Gasteiger partial charge is 0.236 e. The summed E-state index contributed by atoms with van der Waals surface area (Å²) in [5.41, 5.74) is 2.55. The van der Waals surface area contributed by atoms with Gasteiger partial charge in [0.25, 0.3) is 0 Å². The molecule has 0 bridgehead atoms. The molecule has 0 aliphatic rings. The maximum absolute atomic E-state index is 7.59. The van der Waals surface area contributed by atoms with E-state index in [2.05, 4.69) is 20.2 Å². The van der Waals surface area contributed by atoms with Crippen molar-refractivity contribution in [1.29, 1.82) is 5.41 Å². The number of aryl methyl sites for hydroxylation is 1. The maximum Gasteiger partial charge on any atom is 0.236 e. The molecule has 0 unspecified atom stereocenters. The Balaban J connectivity index is 2.03. The van der Waals surface area contributed by atoms with Gasteiger partial charge in [0.2, 0.25) is 5.88 Å². The summed E-state index contributed by atoms with van der Waals surface area (Å²) < 4.78 is 5.81. The monoisotopic (exact) mass is 313 g/mol. The number of benzene rings is 1. The van der Waals surface area contributed by atoms with E-state index in [0.29, 0.717) is 16.7 Å². The summed E-state index contributed by atoms with van der Waals surface area (Å²) in [4.78, 5) is 8.02. The molecule has 0 radical (unpaired) electrons. The van der Waals surface area contributed by atoms with E-state index in [1.54, 1.807) is 43.6 Å². The van der Waals surface area contributed by atoms with Gasteiger partial charge in [-0.15, -0.1) is 5.10 Å². The van der Waals surface area contributed by atoms with Crippen molar-refractivity contribution >= 4 is 11.6 Å². The first-order valence-electron chi connectivity index (χ1n) is 6.47. The lowest BCUT2D eigenvalue weighted by Crippen LogP contribution is -2.11. The Kier molecular flexibility index (Phi) is 3.84. The Bertz CT molecular complexity index is 863. The molecule has 2 heterocycles. The Morgan fingerprint density at radius 2 is 1.95 bits per heavy atom. The molecule has 0 aliphatic heterocycles. The van der Waals surface area contributed by atoms with Gasteiger partial charge >= 0.3 is 0 Å². The summed E-state index contributed by atoms with van der Waals surface area (Å²) in [5.74, 6) is 0.950. The fraction of sp³-hybridized carbons (Fsp3) is 0.0667. The fourth-order valence-electron chi connectivity index (χ4n) is 1.91. The zero-order valence-corrected chi connectivity index (χ0v) is 12.4. The van der Waals surface area contributed by atoms with Crippen molar-refractivity contribution in [2.75, 3.05) is 0 Å². The average Bonchev–Trinajstić information content (AvgIpc) is 2.53. The molecule has 0 fully saturated rings.